The number of primary amides is 1. The molecule has 4 aliphatic rings. The average Bonchev–Trinajstić information content (AvgIpc) is 3.13. The van der Waals surface area contributed by atoms with E-state index in [4.69, 9.17) is 5.73 Å². The number of hydrogen-bond acceptors (Lipinski definition) is 3. The zero-order valence-corrected chi connectivity index (χ0v) is 17.2. The summed E-state index contributed by atoms with van der Waals surface area (Å²) in [7, 11) is 0. The quantitative estimate of drug-likeness (QED) is 0.627. The maximum atomic E-state index is 13.6. The molecule has 0 bridgehead atoms. The van der Waals surface area contributed by atoms with E-state index in [0.29, 0.717) is 25.2 Å². The number of hydrogen-bond donors (Lipinski definition) is 2. The molecule has 1 aromatic heterocycles. The molecular weight excluding hydrogens is 404 g/mol. The van der Waals surface area contributed by atoms with Gasteiger partial charge in [0.15, 0.2) is 5.78 Å². The predicted molar refractivity (Wildman–Crippen MR) is 119 cm³/mol. The Balaban J connectivity index is 1.30. The van der Waals surface area contributed by atoms with Gasteiger partial charge >= 0.3 is 6.03 Å². The maximum absolute atomic E-state index is 13.6. The molecule has 2 fully saturated rings. The standard InChI is InChI=1S/C25H20N4O3/c26-24(32)28-8-7-16-17-10-19(27-18(17)5-6-20(16)28)23(31)29-12-14-11-25(14)21(29)9-13-3-1-2-4-15(13)22(25)30/h1-6,9-10,14,27H,7-8,11-12H2,(H2,26,32). The van der Waals surface area contributed by atoms with Crippen LogP contribution in [-0.4, -0.2) is 40.7 Å². The Morgan fingerprint density at radius 2 is 1.97 bits per heavy atom. The summed E-state index contributed by atoms with van der Waals surface area (Å²) in [6, 6.07) is 12.8. The van der Waals surface area contributed by atoms with Crippen LogP contribution < -0.4 is 10.6 Å². The Kier molecular flexibility index (Phi) is 3.15. The normalized spacial score (nSPS) is 24.7. The van der Waals surface area contributed by atoms with E-state index in [1.165, 1.54) is 0 Å². The van der Waals surface area contributed by atoms with Crippen molar-refractivity contribution in [1.29, 1.82) is 0 Å². The third kappa shape index (κ3) is 2.03. The number of nitrogens with zero attached hydrogens (tertiary/aromatic N) is 2. The molecule has 2 aliphatic heterocycles. The van der Waals surface area contributed by atoms with Gasteiger partial charge < -0.3 is 15.6 Å². The number of fused-ring (bicyclic) bond motifs is 4. The highest BCUT2D eigenvalue weighted by Crippen LogP contribution is 2.67. The largest absolute Gasteiger partial charge is 0.351 e. The van der Waals surface area contributed by atoms with Gasteiger partial charge in [-0.05, 0) is 54.2 Å². The van der Waals surface area contributed by atoms with Gasteiger partial charge in [-0.1, -0.05) is 24.3 Å². The molecule has 3 heterocycles. The summed E-state index contributed by atoms with van der Waals surface area (Å²) in [6.07, 6.45) is 3.54. The maximum Gasteiger partial charge on any atom is 0.319 e. The molecule has 158 valence electrons. The minimum Gasteiger partial charge on any atom is -0.351 e. The van der Waals surface area contributed by atoms with Gasteiger partial charge in [-0.25, -0.2) is 4.79 Å². The van der Waals surface area contributed by atoms with E-state index in [9.17, 15) is 14.4 Å². The number of ketones is 1. The molecule has 3 N–H and O–H groups in total. The van der Waals surface area contributed by atoms with Crippen LogP contribution in [0.4, 0.5) is 10.5 Å². The van der Waals surface area contributed by atoms with Gasteiger partial charge in [0.2, 0.25) is 0 Å². The van der Waals surface area contributed by atoms with Crippen LogP contribution in [0.3, 0.4) is 0 Å². The number of aromatic nitrogens is 1. The monoisotopic (exact) mass is 424 g/mol. The van der Waals surface area contributed by atoms with Gasteiger partial charge in [0.25, 0.3) is 5.91 Å². The second-order valence-electron chi connectivity index (χ2n) is 9.18. The predicted octanol–water partition coefficient (Wildman–Crippen LogP) is 3.31. The molecule has 1 saturated carbocycles. The second-order valence-corrected chi connectivity index (χ2v) is 9.18. The molecule has 2 aliphatic carbocycles. The van der Waals surface area contributed by atoms with E-state index in [1.54, 1.807) is 9.80 Å². The zero-order chi connectivity index (χ0) is 21.8. The minimum atomic E-state index is -0.529. The van der Waals surface area contributed by atoms with E-state index in [1.807, 2.05) is 48.5 Å². The summed E-state index contributed by atoms with van der Waals surface area (Å²) < 4.78 is 0. The molecule has 2 aromatic carbocycles. The lowest BCUT2D eigenvalue weighted by Gasteiger charge is -2.28. The number of benzene rings is 2. The Morgan fingerprint density at radius 3 is 2.81 bits per heavy atom. The molecule has 2 unspecified atom stereocenters. The first-order chi connectivity index (χ1) is 15.5. The number of allylic oxidation sites excluding steroid dienone is 1. The fourth-order valence-corrected chi connectivity index (χ4v) is 6.04. The molecule has 7 nitrogen and oxygen atoms in total. The number of nitrogens with one attached hydrogen (secondary N) is 1. The van der Waals surface area contributed by atoms with Crippen LogP contribution in [0, 0.1) is 11.3 Å². The highest BCUT2D eigenvalue weighted by atomic mass is 16.2. The second kappa shape index (κ2) is 5.68. The van der Waals surface area contributed by atoms with Gasteiger partial charge in [0.05, 0.1) is 5.41 Å². The Hall–Kier alpha value is -3.87. The van der Waals surface area contributed by atoms with Gasteiger partial charge in [0, 0.05) is 40.9 Å². The Labute approximate surface area is 183 Å². The number of Topliss-reactive ketones (excluding diaryl/α,β-unsaturated/α-hetero) is 1. The summed E-state index contributed by atoms with van der Waals surface area (Å²) in [6.45, 7) is 1.11. The number of urea groups is 1. The summed E-state index contributed by atoms with van der Waals surface area (Å²) >= 11 is 0. The van der Waals surface area contributed by atoms with Crippen LogP contribution in [0.25, 0.3) is 17.0 Å². The minimum absolute atomic E-state index is 0.121. The lowest BCUT2D eigenvalue weighted by atomic mass is 9.83. The number of rotatable bonds is 1. The van der Waals surface area contributed by atoms with Crippen molar-refractivity contribution in [3.05, 3.63) is 70.5 Å². The first kappa shape index (κ1) is 17.8. The first-order valence-corrected chi connectivity index (χ1v) is 10.9. The van der Waals surface area contributed by atoms with Crippen LogP contribution in [0.5, 0.6) is 0 Å². The fourth-order valence-electron chi connectivity index (χ4n) is 6.04. The van der Waals surface area contributed by atoms with Crippen LogP contribution in [0.15, 0.2) is 48.2 Å². The van der Waals surface area contributed by atoms with Crippen LogP contribution >= 0.6 is 0 Å². The van der Waals surface area contributed by atoms with E-state index in [0.717, 1.165) is 45.4 Å². The van der Waals surface area contributed by atoms with Gasteiger partial charge in [-0.2, -0.15) is 0 Å². The third-order valence-electron chi connectivity index (χ3n) is 7.67. The topological polar surface area (TPSA) is 99.5 Å². The molecule has 1 saturated heterocycles. The van der Waals surface area contributed by atoms with Gasteiger partial charge in [-0.3, -0.25) is 14.5 Å². The summed E-state index contributed by atoms with van der Waals surface area (Å²) in [4.78, 5) is 45.2. The van der Waals surface area contributed by atoms with Crippen molar-refractivity contribution in [2.24, 2.45) is 17.1 Å². The van der Waals surface area contributed by atoms with E-state index >= 15 is 0 Å². The summed E-state index contributed by atoms with van der Waals surface area (Å²) in [5.41, 5.74) is 10.6. The van der Waals surface area contributed by atoms with Crippen molar-refractivity contribution >= 4 is 40.4 Å². The molecule has 3 amide bonds. The number of carbonyl (C=O) groups is 3. The summed E-state index contributed by atoms with van der Waals surface area (Å²) in [5, 5.41) is 0.938. The van der Waals surface area contributed by atoms with Crippen molar-refractivity contribution in [3.63, 3.8) is 0 Å². The van der Waals surface area contributed by atoms with Crippen molar-refractivity contribution in [1.82, 2.24) is 9.88 Å². The number of likely N-dealkylation sites (tertiary alicyclic amines) is 1. The van der Waals surface area contributed by atoms with Crippen molar-refractivity contribution in [2.75, 3.05) is 18.0 Å². The van der Waals surface area contributed by atoms with Crippen LogP contribution in [-0.2, 0) is 6.42 Å². The number of carbonyl (C=O) groups excluding carboxylic acids is 3. The number of aromatic amines is 1. The van der Waals surface area contributed by atoms with Gasteiger partial charge in [-0.15, -0.1) is 0 Å². The number of amides is 3. The van der Waals surface area contributed by atoms with E-state index in [-0.39, 0.29) is 17.6 Å². The molecule has 1 spiro atoms. The number of piperidine rings is 1. The molecule has 3 aromatic rings. The molecular formula is C25H20N4O3. The molecule has 7 rings (SSSR count). The van der Waals surface area contributed by atoms with Crippen LogP contribution in [0.2, 0.25) is 0 Å². The lowest BCUT2D eigenvalue weighted by molar-refractivity contribution is 0.0799. The Bertz CT molecular complexity index is 1430. The Morgan fingerprint density at radius 1 is 1.12 bits per heavy atom. The van der Waals surface area contributed by atoms with E-state index in [2.05, 4.69) is 4.98 Å². The third-order valence-corrected chi connectivity index (χ3v) is 7.67. The van der Waals surface area contributed by atoms with Crippen molar-refractivity contribution < 1.29 is 14.4 Å². The molecule has 2 atom stereocenters. The van der Waals surface area contributed by atoms with Crippen molar-refractivity contribution in [2.45, 2.75) is 12.8 Å². The average molecular weight is 424 g/mol. The highest BCUT2D eigenvalue weighted by Gasteiger charge is 2.69. The fraction of sp³-hybridized carbons (Fsp3) is 0.240. The zero-order valence-electron chi connectivity index (χ0n) is 17.2. The number of H-pyrrole nitrogens is 1. The highest BCUT2D eigenvalue weighted by molar-refractivity contribution is 6.12. The van der Waals surface area contributed by atoms with Crippen molar-refractivity contribution in [3.8, 4) is 0 Å². The lowest BCUT2D eigenvalue weighted by Crippen LogP contribution is -2.34. The SMILES string of the molecule is NC(=O)N1CCc2c1ccc1[nH]c(C(=O)N3CC4CC45C(=O)c4ccccc4C=C35)cc21. The van der Waals surface area contributed by atoms with Crippen LogP contribution in [0.1, 0.15) is 38.4 Å². The molecule has 7 heteroatoms. The summed E-state index contributed by atoms with van der Waals surface area (Å²) in [5.74, 6) is 0.216. The van der Waals surface area contributed by atoms with Gasteiger partial charge in [0.1, 0.15) is 5.69 Å². The molecule has 0 radical (unpaired) electrons. The molecule has 32 heavy (non-hydrogen) atoms. The number of anilines is 1. The first-order valence-electron chi connectivity index (χ1n) is 10.9. The smallest absolute Gasteiger partial charge is 0.319 e. The van der Waals surface area contributed by atoms with E-state index < -0.39 is 11.4 Å². The number of nitrogens with two attached hydrogens (primary N) is 1.